The molecule has 0 radical (unpaired) electrons. The molecule has 0 aromatic heterocycles. The Kier molecular flexibility index (Phi) is 5.41. The third-order valence-electron chi connectivity index (χ3n) is 3.58. The van der Waals surface area contributed by atoms with Crippen molar-refractivity contribution in [1.82, 2.24) is 4.90 Å². The zero-order valence-electron chi connectivity index (χ0n) is 12.2. The number of rotatable bonds is 5. The second kappa shape index (κ2) is 7.28. The van der Waals surface area contributed by atoms with Crippen molar-refractivity contribution >= 4 is 11.6 Å². The molecule has 1 aliphatic rings. The highest BCUT2D eigenvalue weighted by molar-refractivity contribution is 5.73. The number of ether oxygens (including phenoxy) is 1. The SMILES string of the molecule is CC(=O)N1CCN(c2ccc(OC[C@@H](O)CO)cc2)CC1. The number of anilines is 1. The summed E-state index contributed by atoms with van der Waals surface area (Å²) >= 11 is 0. The first-order chi connectivity index (χ1) is 10.1. The maximum Gasteiger partial charge on any atom is 0.219 e. The Labute approximate surface area is 124 Å². The fraction of sp³-hybridized carbons (Fsp3) is 0.533. The van der Waals surface area contributed by atoms with E-state index in [2.05, 4.69) is 4.90 Å². The molecule has 1 amide bonds. The third kappa shape index (κ3) is 4.34. The highest BCUT2D eigenvalue weighted by atomic mass is 16.5. The number of carbonyl (C=O) groups is 1. The Hall–Kier alpha value is -1.79. The Bertz CT molecular complexity index is 455. The molecule has 1 saturated heterocycles. The van der Waals surface area contributed by atoms with Crippen LogP contribution in [0.3, 0.4) is 0 Å². The molecule has 1 aliphatic heterocycles. The number of carbonyl (C=O) groups excluding carboxylic acids is 1. The minimum atomic E-state index is -0.857. The number of hydrogen-bond donors (Lipinski definition) is 2. The summed E-state index contributed by atoms with van der Waals surface area (Å²) in [5.74, 6) is 0.787. The van der Waals surface area contributed by atoms with Gasteiger partial charge >= 0.3 is 0 Å². The van der Waals surface area contributed by atoms with Gasteiger partial charge in [-0.2, -0.15) is 0 Å². The topological polar surface area (TPSA) is 73.2 Å². The lowest BCUT2D eigenvalue weighted by molar-refractivity contribution is -0.129. The van der Waals surface area contributed by atoms with Crippen molar-refractivity contribution in [3.63, 3.8) is 0 Å². The molecule has 6 nitrogen and oxygen atoms in total. The van der Waals surface area contributed by atoms with Gasteiger partial charge in [-0.1, -0.05) is 0 Å². The van der Waals surface area contributed by atoms with Gasteiger partial charge in [0.25, 0.3) is 0 Å². The van der Waals surface area contributed by atoms with Crippen molar-refractivity contribution < 1.29 is 19.7 Å². The third-order valence-corrected chi connectivity index (χ3v) is 3.58. The van der Waals surface area contributed by atoms with E-state index in [1.54, 1.807) is 6.92 Å². The molecular formula is C15H22N2O4. The van der Waals surface area contributed by atoms with E-state index in [1.165, 1.54) is 0 Å². The molecule has 0 spiro atoms. The lowest BCUT2D eigenvalue weighted by atomic mass is 10.2. The lowest BCUT2D eigenvalue weighted by Gasteiger charge is -2.35. The van der Waals surface area contributed by atoms with Gasteiger partial charge < -0.3 is 24.7 Å². The minimum Gasteiger partial charge on any atom is -0.491 e. The average molecular weight is 294 g/mol. The van der Waals surface area contributed by atoms with Crippen LogP contribution < -0.4 is 9.64 Å². The largest absolute Gasteiger partial charge is 0.491 e. The highest BCUT2D eigenvalue weighted by Gasteiger charge is 2.18. The molecule has 1 heterocycles. The van der Waals surface area contributed by atoms with Crippen LogP contribution in [0.25, 0.3) is 0 Å². The fourth-order valence-electron chi connectivity index (χ4n) is 2.28. The first-order valence-electron chi connectivity index (χ1n) is 7.12. The molecule has 0 unspecified atom stereocenters. The van der Waals surface area contributed by atoms with E-state index in [-0.39, 0.29) is 19.1 Å². The predicted molar refractivity (Wildman–Crippen MR) is 79.5 cm³/mol. The van der Waals surface area contributed by atoms with Gasteiger partial charge in [0, 0.05) is 38.8 Å². The van der Waals surface area contributed by atoms with Gasteiger partial charge in [0.05, 0.1) is 6.61 Å². The quantitative estimate of drug-likeness (QED) is 0.805. The summed E-state index contributed by atoms with van der Waals surface area (Å²) in [4.78, 5) is 15.4. The molecule has 1 fully saturated rings. The number of aliphatic hydroxyl groups is 2. The van der Waals surface area contributed by atoms with E-state index < -0.39 is 6.10 Å². The van der Waals surface area contributed by atoms with Gasteiger partial charge in [-0.3, -0.25) is 4.79 Å². The summed E-state index contributed by atoms with van der Waals surface area (Å²) < 4.78 is 5.37. The molecule has 1 aromatic carbocycles. The number of piperazine rings is 1. The second-order valence-corrected chi connectivity index (χ2v) is 5.13. The molecule has 1 aromatic rings. The molecule has 2 N–H and O–H groups in total. The second-order valence-electron chi connectivity index (χ2n) is 5.13. The van der Waals surface area contributed by atoms with E-state index in [0.29, 0.717) is 5.75 Å². The number of hydrogen-bond acceptors (Lipinski definition) is 5. The number of benzene rings is 1. The standard InChI is InChI=1S/C15H22N2O4/c1-12(19)16-6-8-17(9-7-16)13-2-4-15(5-3-13)21-11-14(20)10-18/h2-5,14,18,20H,6-11H2,1H3/t14-/m0/s1. The molecule has 0 saturated carbocycles. The maximum atomic E-state index is 11.3. The fourth-order valence-corrected chi connectivity index (χ4v) is 2.28. The number of nitrogens with zero attached hydrogens (tertiary/aromatic N) is 2. The first-order valence-corrected chi connectivity index (χ1v) is 7.12. The van der Waals surface area contributed by atoms with E-state index in [9.17, 15) is 9.90 Å². The van der Waals surface area contributed by atoms with Crippen molar-refractivity contribution in [3.8, 4) is 5.75 Å². The van der Waals surface area contributed by atoms with Gasteiger partial charge in [0.2, 0.25) is 5.91 Å². The molecule has 0 bridgehead atoms. The number of aliphatic hydroxyl groups excluding tert-OH is 2. The van der Waals surface area contributed by atoms with Crippen molar-refractivity contribution in [3.05, 3.63) is 24.3 Å². The van der Waals surface area contributed by atoms with Crippen LogP contribution >= 0.6 is 0 Å². The highest BCUT2D eigenvalue weighted by Crippen LogP contribution is 2.21. The van der Waals surface area contributed by atoms with Crippen LogP contribution in [0.15, 0.2) is 24.3 Å². The Balaban J connectivity index is 1.86. The summed E-state index contributed by atoms with van der Waals surface area (Å²) in [6.07, 6.45) is -0.857. The first kappa shape index (κ1) is 15.6. The Morgan fingerprint density at radius 2 is 1.86 bits per heavy atom. The van der Waals surface area contributed by atoms with Crippen LogP contribution in [0.4, 0.5) is 5.69 Å². The van der Waals surface area contributed by atoms with Crippen LogP contribution in [0.2, 0.25) is 0 Å². The van der Waals surface area contributed by atoms with Crippen molar-refractivity contribution in [2.75, 3.05) is 44.3 Å². The molecule has 2 rings (SSSR count). The summed E-state index contributed by atoms with van der Waals surface area (Å²) in [6, 6.07) is 7.61. The normalized spacial score (nSPS) is 16.7. The molecule has 6 heteroatoms. The van der Waals surface area contributed by atoms with Crippen molar-refractivity contribution in [2.24, 2.45) is 0 Å². The molecule has 21 heavy (non-hydrogen) atoms. The average Bonchev–Trinajstić information content (AvgIpc) is 2.53. The molecule has 1 atom stereocenters. The lowest BCUT2D eigenvalue weighted by Crippen LogP contribution is -2.48. The molecule has 0 aliphatic carbocycles. The van der Waals surface area contributed by atoms with Crippen molar-refractivity contribution in [2.45, 2.75) is 13.0 Å². The summed E-state index contributed by atoms with van der Waals surface area (Å²) in [6.45, 7) is 4.51. The van der Waals surface area contributed by atoms with Gasteiger partial charge in [-0.05, 0) is 24.3 Å². The summed E-state index contributed by atoms with van der Waals surface area (Å²) in [5, 5.41) is 18.0. The smallest absolute Gasteiger partial charge is 0.219 e. The number of amides is 1. The van der Waals surface area contributed by atoms with Crippen LogP contribution in [-0.2, 0) is 4.79 Å². The van der Waals surface area contributed by atoms with E-state index in [4.69, 9.17) is 9.84 Å². The Morgan fingerprint density at radius 1 is 1.24 bits per heavy atom. The van der Waals surface area contributed by atoms with Crippen LogP contribution in [-0.4, -0.2) is 66.5 Å². The van der Waals surface area contributed by atoms with E-state index >= 15 is 0 Å². The maximum absolute atomic E-state index is 11.3. The molecule has 116 valence electrons. The summed E-state index contributed by atoms with van der Waals surface area (Å²) in [7, 11) is 0. The zero-order chi connectivity index (χ0) is 15.2. The van der Waals surface area contributed by atoms with E-state index in [1.807, 2.05) is 29.2 Å². The van der Waals surface area contributed by atoms with Crippen molar-refractivity contribution in [1.29, 1.82) is 0 Å². The van der Waals surface area contributed by atoms with Crippen LogP contribution in [0, 0.1) is 0 Å². The predicted octanol–water partition coefficient (Wildman–Crippen LogP) is 0.0871. The Morgan fingerprint density at radius 3 is 2.38 bits per heavy atom. The minimum absolute atomic E-state index is 0.0765. The van der Waals surface area contributed by atoms with Gasteiger partial charge in [0.1, 0.15) is 18.5 Å². The van der Waals surface area contributed by atoms with Crippen LogP contribution in [0.1, 0.15) is 6.92 Å². The van der Waals surface area contributed by atoms with Gasteiger partial charge in [-0.15, -0.1) is 0 Å². The van der Waals surface area contributed by atoms with Crippen LogP contribution in [0.5, 0.6) is 5.75 Å². The monoisotopic (exact) mass is 294 g/mol. The van der Waals surface area contributed by atoms with Gasteiger partial charge in [0.15, 0.2) is 0 Å². The molecular weight excluding hydrogens is 272 g/mol. The zero-order valence-corrected chi connectivity index (χ0v) is 12.2. The van der Waals surface area contributed by atoms with E-state index in [0.717, 1.165) is 31.9 Å². The summed E-state index contributed by atoms with van der Waals surface area (Å²) in [5.41, 5.74) is 1.09. The van der Waals surface area contributed by atoms with Gasteiger partial charge in [-0.25, -0.2) is 0 Å².